The van der Waals surface area contributed by atoms with Crippen molar-refractivity contribution in [1.29, 1.82) is 0 Å². The molecule has 0 amide bonds. The summed E-state index contributed by atoms with van der Waals surface area (Å²) >= 11 is 11.3. The van der Waals surface area contributed by atoms with Crippen LogP contribution < -0.4 is 4.57 Å². The molecule has 0 spiro atoms. The maximum atomic E-state index is 5.70. The first kappa shape index (κ1) is 8.82. The van der Waals surface area contributed by atoms with Gasteiger partial charge >= 0.3 is 0 Å². The van der Waals surface area contributed by atoms with Gasteiger partial charge in [0.15, 0.2) is 18.4 Å². The number of aromatic nitrogens is 1. The molecule has 0 aliphatic carbocycles. The van der Waals surface area contributed by atoms with Crippen LogP contribution in [-0.2, 0) is 12.4 Å². The molecule has 0 aromatic carbocycles. The van der Waals surface area contributed by atoms with E-state index in [0.29, 0.717) is 11.8 Å². The fourth-order valence-corrected chi connectivity index (χ4v) is 1.37. The Balaban J connectivity index is 2.83. The molecule has 1 aromatic rings. The van der Waals surface area contributed by atoms with Gasteiger partial charge in [-0.05, 0) is 0 Å². The third-order valence-electron chi connectivity index (χ3n) is 1.50. The predicted octanol–water partition coefficient (Wildman–Crippen LogP) is 1.95. The van der Waals surface area contributed by atoms with Gasteiger partial charge in [-0.25, -0.2) is 4.57 Å². The molecule has 1 rings (SSSR count). The molecule has 11 heavy (non-hydrogen) atoms. The minimum Gasteiger partial charge on any atom is -0.200 e. The molecule has 0 radical (unpaired) electrons. The molecule has 0 bridgehead atoms. The van der Waals surface area contributed by atoms with E-state index in [9.17, 15) is 0 Å². The Kier molecular flexibility index (Phi) is 3.67. The largest absolute Gasteiger partial charge is 0.200 e. The minimum absolute atomic E-state index is 0.539. The number of pyridine rings is 1. The molecular weight excluding hydrogens is 181 g/mol. The van der Waals surface area contributed by atoms with Crippen molar-refractivity contribution in [2.24, 2.45) is 0 Å². The van der Waals surface area contributed by atoms with Crippen LogP contribution >= 0.6 is 23.2 Å². The van der Waals surface area contributed by atoms with Crippen LogP contribution in [-0.4, -0.2) is 5.88 Å². The molecule has 0 saturated carbocycles. The van der Waals surface area contributed by atoms with Gasteiger partial charge in [-0.2, -0.15) is 0 Å². The summed E-state index contributed by atoms with van der Waals surface area (Å²) in [6, 6.07) is 5.95. The van der Waals surface area contributed by atoms with Gasteiger partial charge < -0.3 is 0 Å². The van der Waals surface area contributed by atoms with E-state index in [1.807, 2.05) is 24.4 Å². The number of aryl methyl sites for hydroxylation is 1. The lowest BCUT2D eigenvalue weighted by Crippen LogP contribution is -2.38. The van der Waals surface area contributed by atoms with E-state index < -0.39 is 0 Å². The second-order valence-corrected chi connectivity index (χ2v) is 2.85. The standard InChI is InChI=1S/C8H10Cl2N/c9-4-6-11-5-2-1-3-8(11)7-10/h1-3,5H,4,6-7H2/q+1. The van der Waals surface area contributed by atoms with Crippen molar-refractivity contribution in [2.75, 3.05) is 5.88 Å². The van der Waals surface area contributed by atoms with Crippen molar-refractivity contribution in [3.8, 4) is 0 Å². The summed E-state index contributed by atoms with van der Waals surface area (Å²) in [5, 5.41) is 0. The quantitative estimate of drug-likeness (QED) is 0.507. The van der Waals surface area contributed by atoms with Gasteiger partial charge in [-0.1, -0.05) is 6.07 Å². The maximum absolute atomic E-state index is 5.70. The van der Waals surface area contributed by atoms with Gasteiger partial charge in [0.2, 0.25) is 0 Å². The topological polar surface area (TPSA) is 3.88 Å². The van der Waals surface area contributed by atoms with Crippen LogP contribution in [0.25, 0.3) is 0 Å². The van der Waals surface area contributed by atoms with Crippen LogP contribution in [0.5, 0.6) is 0 Å². The summed E-state index contributed by atoms with van der Waals surface area (Å²) in [5.74, 6) is 1.16. The molecule has 0 fully saturated rings. The zero-order chi connectivity index (χ0) is 8.10. The Morgan fingerprint density at radius 3 is 2.73 bits per heavy atom. The number of halogens is 2. The Morgan fingerprint density at radius 1 is 1.27 bits per heavy atom. The molecular formula is C8H10Cl2N+. The number of alkyl halides is 2. The fourth-order valence-electron chi connectivity index (χ4n) is 0.942. The number of nitrogens with zero attached hydrogens (tertiary/aromatic N) is 1. The molecule has 0 aliphatic rings. The van der Waals surface area contributed by atoms with E-state index in [0.717, 1.165) is 12.2 Å². The van der Waals surface area contributed by atoms with Crippen molar-refractivity contribution in [3.05, 3.63) is 30.1 Å². The molecule has 0 aliphatic heterocycles. The number of hydrogen-bond acceptors (Lipinski definition) is 0. The monoisotopic (exact) mass is 190 g/mol. The van der Waals surface area contributed by atoms with Gasteiger partial charge in [-0.3, -0.25) is 0 Å². The zero-order valence-corrected chi connectivity index (χ0v) is 7.65. The van der Waals surface area contributed by atoms with Gasteiger partial charge in [-0.15, -0.1) is 23.2 Å². The minimum atomic E-state index is 0.539. The second kappa shape index (κ2) is 4.58. The molecule has 1 aromatic heterocycles. The van der Waals surface area contributed by atoms with Crippen molar-refractivity contribution >= 4 is 23.2 Å². The van der Waals surface area contributed by atoms with Crippen molar-refractivity contribution < 1.29 is 4.57 Å². The zero-order valence-electron chi connectivity index (χ0n) is 6.13. The van der Waals surface area contributed by atoms with Crippen LogP contribution in [0.15, 0.2) is 24.4 Å². The molecule has 0 unspecified atom stereocenters. The number of hydrogen-bond donors (Lipinski definition) is 0. The van der Waals surface area contributed by atoms with E-state index in [1.54, 1.807) is 0 Å². The summed E-state index contributed by atoms with van der Waals surface area (Å²) in [4.78, 5) is 0. The SMILES string of the molecule is ClCC[n+]1ccccc1CCl. The summed E-state index contributed by atoms with van der Waals surface area (Å²) in [6.07, 6.45) is 1.99. The Hall–Kier alpha value is -0.270. The average Bonchev–Trinajstić information content (AvgIpc) is 2.06. The van der Waals surface area contributed by atoms with Gasteiger partial charge in [0.25, 0.3) is 0 Å². The first-order chi connectivity index (χ1) is 5.38. The molecule has 3 heteroatoms. The lowest BCUT2D eigenvalue weighted by Gasteiger charge is -1.96. The van der Waals surface area contributed by atoms with Gasteiger partial charge in [0.05, 0.1) is 5.88 Å². The first-order valence-corrected chi connectivity index (χ1v) is 4.54. The second-order valence-electron chi connectivity index (χ2n) is 2.21. The Bertz CT molecular complexity index is 225. The smallest absolute Gasteiger partial charge is 0.196 e. The van der Waals surface area contributed by atoms with E-state index in [1.165, 1.54) is 0 Å². The predicted molar refractivity (Wildman–Crippen MR) is 46.9 cm³/mol. The lowest BCUT2D eigenvalue weighted by molar-refractivity contribution is -0.699. The van der Waals surface area contributed by atoms with Crippen LogP contribution in [0.3, 0.4) is 0 Å². The average molecular weight is 191 g/mol. The van der Waals surface area contributed by atoms with Crippen LogP contribution in [0.1, 0.15) is 5.69 Å². The lowest BCUT2D eigenvalue weighted by atomic mass is 10.3. The van der Waals surface area contributed by atoms with Crippen LogP contribution in [0.2, 0.25) is 0 Å². The highest BCUT2D eigenvalue weighted by molar-refractivity contribution is 6.17. The highest BCUT2D eigenvalue weighted by atomic mass is 35.5. The summed E-state index contributed by atoms with van der Waals surface area (Å²) in [6.45, 7) is 0.824. The highest BCUT2D eigenvalue weighted by Crippen LogP contribution is 1.95. The molecule has 0 N–H and O–H groups in total. The van der Waals surface area contributed by atoms with E-state index in [4.69, 9.17) is 23.2 Å². The Labute approximate surface area is 76.6 Å². The van der Waals surface area contributed by atoms with Crippen molar-refractivity contribution in [2.45, 2.75) is 12.4 Å². The fraction of sp³-hybridized carbons (Fsp3) is 0.375. The molecule has 1 heterocycles. The summed E-state index contributed by atoms with van der Waals surface area (Å²) in [5.41, 5.74) is 1.11. The van der Waals surface area contributed by atoms with Crippen molar-refractivity contribution in [1.82, 2.24) is 0 Å². The summed E-state index contributed by atoms with van der Waals surface area (Å²) < 4.78 is 2.06. The van der Waals surface area contributed by atoms with E-state index >= 15 is 0 Å². The highest BCUT2D eigenvalue weighted by Gasteiger charge is 2.05. The molecule has 0 saturated heterocycles. The third-order valence-corrected chi connectivity index (χ3v) is 1.94. The van der Waals surface area contributed by atoms with Gasteiger partial charge in [0, 0.05) is 12.1 Å². The van der Waals surface area contributed by atoms with Crippen LogP contribution in [0, 0.1) is 0 Å². The van der Waals surface area contributed by atoms with Crippen molar-refractivity contribution in [3.63, 3.8) is 0 Å². The molecule has 1 nitrogen and oxygen atoms in total. The Morgan fingerprint density at radius 2 is 2.09 bits per heavy atom. The first-order valence-electron chi connectivity index (χ1n) is 3.47. The van der Waals surface area contributed by atoms with E-state index in [-0.39, 0.29) is 0 Å². The third kappa shape index (κ3) is 2.35. The summed E-state index contributed by atoms with van der Waals surface area (Å²) in [7, 11) is 0. The maximum Gasteiger partial charge on any atom is 0.196 e. The van der Waals surface area contributed by atoms with Gasteiger partial charge in [0.1, 0.15) is 5.88 Å². The normalized spacial score (nSPS) is 10.0. The molecule has 60 valence electrons. The molecule has 0 atom stereocenters. The number of rotatable bonds is 3. The van der Waals surface area contributed by atoms with Crippen LogP contribution in [0.4, 0.5) is 0 Å². The van der Waals surface area contributed by atoms with E-state index in [2.05, 4.69) is 4.57 Å².